The molecule has 100 valence electrons. The van der Waals surface area contributed by atoms with Crippen molar-refractivity contribution in [3.63, 3.8) is 0 Å². The van der Waals surface area contributed by atoms with Crippen molar-refractivity contribution in [2.24, 2.45) is 5.73 Å². The standard InChI is InChI=1S/C12H15N5OS/c13-7-2-5-17(6-3-7)12(18)10-9(14)8-1-4-15-16-11(8)19-10/h1,4,7H,2-3,5-6,13-14H2. The van der Waals surface area contributed by atoms with Crippen molar-refractivity contribution in [1.29, 1.82) is 0 Å². The molecule has 1 amide bonds. The van der Waals surface area contributed by atoms with Gasteiger partial charge in [0.2, 0.25) is 0 Å². The van der Waals surface area contributed by atoms with Crippen molar-refractivity contribution >= 4 is 33.1 Å². The van der Waals surface area contributed by atoms with Crippen molar-refractivity contribution in [3.05, 3.63) is 17.1 Å². The van der Waals surface area contributed by atoms with Crippen molar-refractivity contribution in [2.45, 2.75) is 18.9 Å². The Morgan fingerprint density at radius 1 is 1.42 bits per heavy atom. The van der Waals surface area contributed by atoms with Crippen molar-refractivity contribution in [1.82, 2.24) is 15.1 Å². The number of fused-ring (bicyclic) bond motifs is 1. The minimum absolute atomic E-state index is 0.0209. The monoisotopic (exact) mass is 277 g/mol. The second-order valence-corrected chi connectivity index (χ2v) is 5.72. The minimum Gasteiger partial charge on any atom is -0.397 e. The summed E-state index contributed by atoms with van der Waals surface area (Å²) < 4.78 is 0. The topological polar surface area (TPSA) is 98.1 Å². The molecule has 0 aromatic carbocycles. The van der Waals surface area contributed by atoms with Crippen LogP contribution in [0.15, 0.2) is 12.3 Å². The molecule has 1 aliphatic rings. The lowest BCUT2D eigenvalue weighted by atomic mass is 10.1. The van der Waals surface area contributed by atoms with Gasteiger partial charge in [-0.15, -0.1) is 16.4 Å². The van der Waals surface area contributed by atoms with Gasteiger partial charge in [-0.3, -0.25) is 4.79 Å². The fourth-order valence-electron chi connectivity index (χ4n) is 2.28. The van der Waals surface area contributed by atoms with Gasteiger partial charge in [0, 0.05) is 24.5 Å². The Kier molecular flexibility index (Phi) is 3.08. The lowest BCUT2D eigenvalue weighted by Gasteiger charge is -2.29. The number of aromatic nitrogens is 2. The van der Waals surface area contributed by atoms with E-state index < -0.39 is 0 Å². The number of amides is 1. The fourth-order valence-corrected chi connectivity index (χ4v) is 3.28. The van der Waals surface area contributed by atoms with E-state index in [1.54, 1.807) is 12.3 Å². The number of nitrogens with zero attached hydrogens (tertiary/aromatic N) is 3. The van der Waals surface area contributed by atoms with Gasteiger partial charge in [-0.05, 0) is 18.9 Å². The Morgan fingerprint density at radius 2 is 2.16 bits per heavy atom. The average Bonchev–Trinajstić information content (AvgIpc) is 2.77. The lowest BCUT2D eigenvalue weighted by molar-refractivity contribution is 0.0720. The molecule has 0 radical (unpaired) electrons. The number of thiophene rings is 1. The first-order chi connectivity index (χ1) is 9.16. The lowest BCUT2D eigenvalue weighted by Crippen LogP contribution is -2.42. The van der Waals surface area contributed by atoms with Gasteiger partial charge in [0.15, 0.2) is 0 Å². The van der Waals surface area contributed by atoms with E-state index in [0.717, 1.165) is 18.2 Å². The second-order valence-electron chi connectivity index (χ2n) is 4.72. The number of hydrogen-bond donors (Lipinski definition) is 2. The highest BCUT2D eigenvalue weighted by molar-refractivity contribution is 7.21. The smallest absolute Gasteiger partial charge is 0.266 e. The number of piperidine rings is 1. The molecule has 0 atom stereocenters. The summed E-state index contributed by atoms with van der Waals surface area (Å²) in [5, 5.41) is 8.62. The number of rotatable bonds is 1. The Hall–Kier alpha value is -1.73. The quantitative estimate of drug-likeness (QED) is 0.804. The molecule has 7 heteroatoms. The first-order valence-corrected chi connectivity index (χ1v) is 7.03. The third kappa shape index (κ3) is 2.15. The van der Waals surface area contributed by atoms with Gasteiger partial charge in [0.25, 0.3) is 5.91 Å². The van der Waals surface area contributed by atoms with Crippen LogP contribution in [0.1, 0.15) is 22.5 Å². The molecule has 0 bridgehead atoms. The average molecular weight is 277 g/mol. The van der Waals surface area contributed by atoms with Gasteiger partial charge in [-0.1, -0.05) is 0 Å². The van der Waals surface area contributed by atoms with Crippen LogP contribution >= 0.6 is 11.3 Å². The molecule has 0 saturated carbocycles. The van der Waals surface area contributed by atoms with E-state index in [1.165, 1.54) is 11.3 Å². The number of nitrogen functional groups attached to an aromatic ring is 1. The summed E-state index contributed by atoms with van der Waals surface area (Å²) in [6.45, 7) is 1.39. The Morgan fingerprint density at radius 3 is 2.84 bits per heavy atom. The molecule has 3 heterocycles. The first kappa shape index (κ1) is 12.3. The van der Waals surface area contributed by atoms with Crippen LogP contribution in [0, 0.1) is 0 Å². The molecule has 0 aliphatic carbocycles. The molecule has 0 unspecified atom stereocenters. The third-order valence-electron chi connectivity index (χ3n) is 3.44. The first-order valence-electron chi connectivity index (χ1n) is 6.21. The zero-order chi connectivity index (χ0) is 13.4. The molecule has 4 N–H and O–H groups in total. The number of likely N-dealkylation sites (tertiary alicyclic amines) is 1. The largest absolute Gasteiger partial charge is 0.397 e. The van der Waals surface area contributed by atoms with E-state index in [1.807, 2.05) is 4.90 Å². The fraction of sp³-hybridized carbons (Fsp3) is 0.417. The van der Waals surface area contributed by atoms with Crippen molar-refractivity contribution < 1.29 is 4.79 Å². The van der Waals surface area contributed by atoms with Crippen LogP contribution in [0.3, 0.4) is 0 Å². The molecule has 2 aromatic rings. The number of carbonyl (C=O) groups is 1. The van der Waals surface area contributed by atoms with Crippen LogP contribution in [-0.4, -0.2) is 40.1 Å². The van der Waals surface area contributed by atoms with Crippen molar-refractivity contribution in [3.8, 4) is 0 Å². The molecule has 19 heavy (non-hydrogen) atoms. The van der Waals surface area contributed by atoms with Crippen LogP contribution in [0.4, 0.5) is 5.69 Å². The maximum absolute atomic E-state index is 12.5. The Labute approximate surface area is 114 Å². The molecular weight excluding hydrogens is 262 g/mol. The van der Waals surface area contributed by atoms with Crippen LogP contribution < -0.4 is 11.5 Å². The van der Waals surface area contributed by atoms with Gasteiger partial charge < -0.3 is 16.4 Å². The van der Waals surface area contributed by atoms with E-state index in [9.17, 15) is 4.79 Å². The van der Waals surface area contributed by atoms with E-state index in [-0.39, 0.29) is 11.9 Å². The summed E-state index contributed by atoms with van der Waals surface area (Å²) in [7, 11) is 0. The van der Waals surface area contributed by atoms with Gasteiger partial charge >= 0.3 is 0 Å². The molecule has 1 aliphatic heterocycles. The molecule has 3 rings (SSSR count). The summed E-state index contributed by atoms with van der Waals surface area (Å²) in [6.07, 6.45) is 3.27. The highest BCUT2D eigenvalue weighted by Crippen LogP contribution is 2.32. The summed E-state index contributed by atoms with van der Waals surface area (Å²) in [5.74, 6) is -0.0209. The SMILES string of the molecule is Nc1c(C(=O)N2CCC(N)CC2)sc2nnccc12. The van der Waals surface area contributed by atoms with Crippen molar-refractivity contribution in [2.75, 3.05) is 18.8 Å². The number of hydrogen-bond acceptors (Lipinski definition) is 6. The van der Waals surface area contributed by atoms with E-state index in [4.69, 9.17) is 11.5 Å². The summed E-state index contributed by atoms with van der Waals surface area (Å²) in [4.78, 5) is 15.5. The minimum atomic E-state index is -0.0209. The van der Waals surface area contributed by atoms with Crippen LogP contribution in [0.25, 0.3) is 10.2 Å². The molecule has 1 fully saturated rings. The van der Waals surface area contributed by atoms with Crippen LogP contribution in [0.5, 0.6) is 0 Å². The third-order valence-corrected chi connectivity index (χ3v) is 4.54. The molecule has 1 saturated heterocycles. The van der Waals surface area contributed by atoms with Gasteiger partial charge in [-0.2, -0.15) is 5.10 Å². The summed E-state index contributed by atoms with van der Waals surface area (Å²) >= 11 is 1.31. The van der Waals surface area contributed by atoms with Gasteiger partial charge in [-0.25, -0.2) is 0 Å². The van der Waals surface area contributed by atoms with Gasteiger partial charge in [0.05, 0.1) is 11.9 Å². The highest BCUT2D eigenvalue weighted by atomic mass is 32.1. The maximum Gasteiger partial charge on any atom is 0.266 e. The Bertz CT molecular complexity index is 618. The summed E-state index contributed by atoms with van der Waals surface area (Å²) in [5.41, 5.74) is 12.4. The molecule has 0 spiro atoms. The van der Waals surface area contributed by atoms with E-state index in [2.05, 4.69) is 10.2 Å². The van der Waals surface area contributed by atoms with Gasteiger partial charge in [0.1, 0.15) is 9.71 Å². The number of nitrogens with two attached hydrogens (primary N) is 2. The van der Waals surface area contributed by atoms with Crippen LogP contribution in [-0.2, 0) is 0 Å². The highest BCUT2D eigenvalue weighted by Gasteiger charge is 2.25. The second kappa shape index (κ2) is 4.75. The zero-order valence-electron chi connectivity index (χ0n) is 10.4. The predicted octanol–water partition coefficient (Wildman–Crippen LogP) is 0.837. The molecular formula is C12H15N5OS. The van der Waals surface area contributed by atoms with E-state index >= 15 is 0 Å². The normalized spacial score (nSPS) is 17.0. The zero-order valence-corrected chi connectivity index (χ0v) is 11.2. The molecule has 6 nitrogen and oxygen atoms in total. The summed E-state index contributed by atoms with van der Waals surface area (Å²) in [6, 6.07) is 1.99. The van der Waals surface area contributed by atoms with Crippen LogP contribution in [0.2, 0.25) is 0 Å². The number of anilines is 1. The van der Waals surface area contributed by atoms with E-state index in [0.29, 0.717) is 28.5 Å². The maximum atomic E-state index is 12.5. The molecule has 2 aromatic heterocycles. The Balaban J connectivity index is 1.91. The predicted molar refractivity (Wildman–Crippen MR) is 74.9 cm³/mol. The number of carbonyl (C=O) groups excluding carboxylic acids is 1.